The molecular weight excluding hydrogens is 224 g/mol. The number of nitrogens with zero attached hydrogens (tertiary/aromatic N) is 1. The third-order valence-electron chi connectivity index (χ3n) is 3.67. The fourth-order valence-electron chi connectivity index (χ4n) is 2.65. The van der Waals surface area contributed by atoms with Crippen LogP contribution in [-0.2, 0) is 6.54 Å². The average molecular weight is 244 g/mol. The molecule has 1 aliphatic rings. The molecule has 3 heteroatoms. The smallest absolute Gasteiger partial charge is 0.123 e. The molecule has 0 aliphatic heterocycles. The number of benzene rings is 1. The molecule has 0 bridgehead atoms. The fourth-order valence-corrected chi connectivity index (χ4v) is 2.65. The third kappa shape index (κ3) is 2.83. The van der Waals surface area contributed by atoms with Gasteiger partial charge in [-0.1, -0.05) is 24.1 Å². The molecule has 1 aromatic carbocycles. The minimum atomic E-state index is 0.167. The Morgan fingerprint density at radius 1 is 1.44 bits per heavy atom. The maximum absolute atomic E-state index is 9.06. The highest BCUT2D eigenvalue weighted by Gasteiger charge is 2.26. The summed E-state index contributed by atoms with van der Waals surface area (Å²) < 4.78 is 5.36. The molecule has 1 saturated carbocycles. The van der Waals surface area contributed by atoms with E-state index < -0.39 is 0 Å². The minimum absolute atomic E-state index is 0.167. The van der Waals surface area contributed by atoms with E-state index in [4.69, 9.17) is 10.00 Å². The largest absolute Gasteiger partial charge is 0.496 e. The van der Waals surface area contributed by atoms with Gasteiger partial charge in [-0.05, 0) is 25.8 Å². The topological polar surface area (TPSA) is 45.0 Å². The Labute approximate surface area is 109 Å². The fraction of sp³-hybridized carbons (Fsp3) is 0.533. The Morgan fingerprint density at radius 2 is 2.28 bits per heavy atom. The Balaban J connectivity index is 2.01. The van der Waals surface area contributed by atoms with Crippen molar-refractivity contribution in [3.8, 4) is 11.8 Å². The molecule has 3 nitrogen and oxygen atoms in total. The van der Waals surface area contributed by atoms with Gasteiger partial charge in [0.1, 0.15) is 5.75 Å². The second-order valence-electron chi connectivity index (χ2n) is 4.97. The summed E-state index contributed by atoms with van der Waals surface area (Å²) in [6.45, 7) is 2.85. The quantitative estimate of drug-likeness (QED) is 0.885. The van der Waals surface area contributed by atoms with Gasteiger partial charge in [-0.2, -0.15) is 5.26 Å². The molecule has 2 rings (SSSR count). The maximum atomic E-state index is 9.06. The summed E-state index contributed by atoms with van der Waals surface area (Å²) in [5, 5.41) is 12.6. The molecule has 0 amide bonds. The van der Waals surface area contributed by atoms with Crippen LogP contribution in [0.5, 0.6) is 5.75 Å². The lowest BCUT2D eigenvalue weighted by Gasteiger charge is -2.17. The normalized spacial score (nSPS) is 22.7. The van der Waals surface area contributed by atoms with Crippen molar-refractivity contribution in [2.24, 2.45) is 5.92 Å². The highest BCUT2D eigenvalue weighted by atomic mass is 16.5. The second kappa shape index (κ2) is 5.88. The number of hydrogen-bond donors (Lipinski definition) is 1. The molecule has 1 aliphatic carbocycles. The summed E-state index contributed by atoms with van der Waals surface area (Å²) in [4.78, 5) is 0. The van der Waals surface area contributed by atoms with Gasteiger partial charge in [0.2, 0.25) is 0 Å². The number of rotatable bonds is 4. The van der Waals surface area contributed by atoms with E-state index in [0.717, 1.165) is 31.6 Å². The molecule has 0 heterocycles. The van der Waals surface area contributed by atoms with Crippen LogP contribution in [0.15, 0.2) is 18.2 Å². The monoisotopic (exact) mass is 244 g/mol. The van der Waals surface area contributed by atoms with Crippen LogP contribution >= 0.6 is 0 Å². The van der Waals surface area contributed by atoms with Crippen LogP contribution in [0.1, 0.15) is 30.4 Å². The first-order chi connectivity index (χ1) is 8.74. The molecule has 0 saturated heterocycles. The van der Waals surface area contributed by atoms with Gasteiger partial charge in [0.05, 0.1) is 19.1 Å². The van der Waals surface area contributed by atoms with Crippen molar-refractivity contribution < 1.29 is 4.74 Å². The zero-order valence-corrected chi connectivity index (χ0v) is 11.1. The lowest BCUT2D eigenvalue weighted by Crippen LogP contribution is -2.31. The Bertz CT molecular complexity index is 450. The summed E-state index contributed by atoms with van der Waals surface area (Å²) in [6, 6.07) is 8.93. The van der Waals surface area contributed by atoms with E-state index in [-0.39, 0.29) is 5.92 Å². The summed E-state index contributed by atoms with van der Waals surface area (Å²) in [6.07, 6.45) is 3.28. The van der Waals surface area contributed by atoms with Gasteiger partial charge >= 0.3 is 0 Å². The van der Waals surface area contributed by atoms with Crippen molar-refractivity contribution in [3.63, 3.8) is 0 Å². The number of hydrogen-bond acceptors (Lipinski definition) is 3. The van der Waals surface area contributed by atoms with Gasteiger partial charge in [0.15, 0.2) is 0 Å². The molecule has 18 heavy (non-hydrogen) atoms. The molecule has 1 fully saturated rings. The molecular formula is C15H20N2O. The Kier molecular flexibility index (Phi) is 4.22. The van der Waals surface area contributed by atoms with E-state index in [1.807, 2.05) is 6.07 Å². The van der Waals surface area contributed by atoms with E-state index in [1.165, 1.54) is 11.1 Å². The van der Waals surface area contributed by atoms with Crippen LogP contribution in [0.2, 0.25) is 0 Å². The molecule has 96 valence electrons. The van der Waals surface area contributed by atoms with Crippen LogP contribution in [0, 0.1) is 24.2 Å². The van der Waals surface area contributed by atoms with Crippen molar-refractivity contribution in [2.75, 3.05) is 7.11 Å². The van der Waals surface area contributed by atoms with Gasteiger partial charge in [-0.3, -0.25) is 0 Å². The third-order valence-corrected chi connectivity index (χ3v) is 3.67. The SMILES string of the molecule is COc1ccc(C)cc1CNC1CCCC1C#N. The molecule has 2 atom stereocenters. The number of aryl methyl sites for hydroxylation is 1. The lowest BCUT2D eigenvalue weighted by atomic mass is 10.0. The zero-order chi connectivity index (χ0) is 13.0. The van der Waals surface area contributed by atoms with Crippen LogP contribution in [0.4, 0.5) is 0 Å². The first-order valence-corrected chi connectivity index (χ1v) is 6.51. The minimum Gasteiger partial charge on any atom is -0.496 e. The van der Waals surface area contributed by atoms with E-state index in [0.29, 0.717) is 6.04 Å². The molecule has 1 aromatic rings. The predicted octanol–water partition coefficient (Wildman–Crippen LogP) is 2.79. The highest BCUT2D eigenvalue weighted by molar-refractivity contribution is 5.36. The van der Waals surface area contributed by atoms with Crippen molar-refractivity contribution in [2.45, 2.75) is 38.8 Å². The van der Waals surface area contributed by atoms with Gasteiger partial charge in [-0.15, -0.1) is 0 Å². The second-order valence-corrected chi connectivity index (χ2v) is 4.97. The lowest BCUT2D eigenvalue weighted by molar-refractivity contribution is 0.401. The van der Waals surface area contributed by atoms with Crippen LogP contribution in [0.3, 0.4) is 0 Å². The van der Waals surface area contributed by atoms with Crippen LogP contribution in [-0.4, -0.2) is 13.2 Å². The summed E-state index contributed by atoms with van der Waals surface area (Å²) in [5.74, 6) is 1.08. The van der Waals surface area contributed by atoms with Crippen molar-refractivity contribution in [3.05, 3.63) is 29.3 Å². The van der Waals surface area contributed by atoms with Crippen LogP contribution < -0.4 is 10.1 Å². The van der Waals surface area contributed by atoms with Crippen LogP contribution in [0.25, 0.3) is 0 Å². The van der Waals surface area contributed by atoms with Crippen molar-refractivity contribution in [1.82, 2.24) is 5.32 Å². The van der Waals surface area contributed by atoms with Gasteiger partial charge < -0.3 is 10.1 Å². The summed E-state index contributed by atoms with van der Waals surface area (Å²) in [5.41, 5.74) is 2.40. The van der Waals surface area contributed by atoms with E-state index in [1.54, 1.807) is 7.11 Å². The molecule has 0 spiro atoms. The van der Waals surface area contributed by atoms with E-state index in [2.05, 4.69) is 30.4 Å². The van der Waals surface area contributed by atoms with Gasteiger partial charge in [0.25, 0.3) is 0 Å². The molecule has 0 radical (unpaired) electrons. The summed E-state index contributed by atoms with van der Waals surface area (Å²) in [7, 11) is 1.70. The Hall–Kier alpha value is -1.53. The standard InChI is InChI=1S/C15H20N2O/c1-11-6-7-15(18-2)13(8-11)10-17-14-5-3-4-12(14)9-16/h6-8,12,14,17H,3-5,10H2,1-2H3. The van der Waals surface area contributed by atoms with E-state index >= 15 is 0 Å². The van der Waals surface area contributed by atoms with Gasteiger partial charge in [0, 0.05) is 18.2 Å². The first-order valence-electron chi connectivity index (χ1n) is 6.51. The average Bonchev–Trinajstić information content (AvgIpc) is 2.84. The number of nitrogens with one attached hydrogen (secondary N) is 1. The van der Waals surface area contributed by atoms with Gasteiger partial charge in [-0.25, -0.2) is 0 Å². The van der Waals surface area contributed by atoms with Crippen molar-refractivity contribution in [1.29, 1.82) is 5.26 Å². The van der Waals surface area contributed by atoms with Crippen molar-refractivity contribution >= 4 is 0 Å². The number of nitriles is 1. The number of ether oxygens (including phenoxy) is 1. The molecule has 2 unspecified atom stereocenters. The molecule has 0 aromatic heterocycles. The number of methoxy groups -OCH3 is 1. The predicted molar refractivity (Wildman–Crippen MR) is 71.3 cm³/mol. The zero-order valence-electron chi connectivity index (χ0n) is 11.1. The Morgan fingerprint density at radius 3 is 3.00 bits per heavy atom. The van der Waals surface area contributed by atoms with E-state index in [9.17, 15) is 0 Å². The summed E-state index contributed by atoms with van der Waals surface area (Å²) >= 11 is 0. The maximum Gasteiger partial charge on any atom is 0.123 e. The first kappa shape index (κ1) is 12.9. The molecule has 1 N–H and O–H groups in total. The highest BCUT2D eigenvalue weighted by Crippen LogP contribution is 2.26.